The molecule has 0 unspecified atom stereocenters. The number of benzene rings is 1. The fourth-order valence-corrected chi connectivity index (χ4v) is 2.76. The van der Waals surface area contributed by atoms with Crippen LogP contribution in [0.5, 0.6) is 0 Å². The minimum Gasteiger partial charge on any atom is -0.289 e. The minimum absolute atomic E-state index is 0.118. The number of hydrogen-bond acceptors (Lipinski definition) is 2. The summed E-state index contributed by atoms with van der Waals surface area (Å²) in [5.74, 6) is 0.118. The zero-order valence-electron chi connectivity index (χ0n) is 7.08. The first kappa shape index (κ1) is 8.21. The van der Waals surface area contributed by atoms with E-state index in [1.807, 2.05) is 16.8 Å². The number of halogens is 1. The van der Waals surface area contributed by atoms with E-state index >= 15 is 0 Å². The molecule has 1 aromatic carbocycles. The van der Waals surface area contributed by atoms with Crippen molar-refractivity contribution in [3.05, 3.63) is 45.1 Å². The topological polar surface area (TPSA) is 17.1 Å². The van der Waals surface area contributed by atoms with Gasteiger partial charge in [0.1, 0.15) is 0 Å². The van der Waals surface area contributed by atoms with Gasteiger partial charge in [0.2, 0.25) is 0 Å². The molecule has 14 heavy (non-hydrogen) atoms. The van der Waals surface area contributed by atoms with Crippen LogP contribution in [0.4, 0.5) is 0 Å². The molecule has 1 aliphatic carbocycles. The second-order valence-electron chi connectivity index (χ2n) is 3.22. The predicted molar refractivity (Wildman–Crippen MR) is 58.2 cm³/mol. The number of rotatable bonds is 0. The molecule has 0 aliphatic heterocycles. The molecule has 0 saturated heterocycles. The number of fused-ring (bicyclic) bond motifs is 3. The van der Waals surface area contributed by atoms with Gasteiger partial charge in [-0.25, -0.2) is 0 Å². The molecule has 3 rings (SSSR count). The van der Waals surface area contributed by atoms with Gasteiger partial charge in [0.15, 0.2) is 5.78 Å². The Morgan fingerprint density at radius 2 is 1.79 bits per heavy atom. The van der Waals surface area contributed by atoms with Crippen molar-refractivity contribution in [2.75, 3.05) is 0 Å². The molecular weight excluding hydrogens is 216 g/mol. The number of ketones is 1. The van der Waals surface area contributed by atoms with Crippen LogP contribution in [0.25, 0.3) is 11.1 Å². The minimum atomic E-state index is 0.118. The number of hydrogen-bond donors (Lipinski definition) is 0. The van der Waals surface area contributed by atoms with Gasteiger partial charge in [-0.1, -0.05) is 11.6 Å². The third-order valence-electron chi connectivity index (χ3n) is 2.42. The average Bonchev–Trinajstić information content (AvgIpc) is 2.71. The first-order valence-corrected chi connectivity index (χ1v) is 5.50. The smallest absolute Gasteiger partial charge is 0.195 e. The molecule has 1 heterocycles. The summed E-state index contributed by atoms with van der Waals surface area (Å²) >= 11 is 7.45. The first-order valence-electron chi connectivity index (χ1n) is 4.18. The van der Waals surface area contributed by atoms with Gasteiger partial charge in [-0.3, -0.25) is 4.79 Å². The Kier molecular flexibility index (Phi) is 1.58. The molecule has 0 fully saturated rings. The Morgan fingerprint density at radius 3 is 2.64 bits per heavy atom. The largest absolute Gasteiger partial charge is 0.289 e. The zero-order chi connectivity index (χ0) is 9.71. The van der Waals surface area contributed by atoms with E-state index in [9.17, 15) is 4.79 Å². The lowest BCUT2D eigenvalue weighted by Gasteiger charge is -1.97. The highest BCUT2D eigenvalue weighted by Crippen LogP contribution is 2.39. The van der Waals surface area contributed by atoms with E-state index in [0.717, 1.165) is 22.3 Å². The quantitative estimate of drug-likeness (QED) is 0.566. The molecule has 0 bridgehead atoms. The maximum atomic E-state index is 11.8. The molecular formula is C11H5ClOS. The summed E-state index contributed by atoms with van der Waals surface area (Å²) in [4.78, 5) is 11.8. The van der Waals surface area contributed by atoms with E-state index in [0.29, 0.717) is 5.02 Å². The van der Waals surface area contributed by atoms with Gasteiger partial charge in [-0.05, 0) is 29.1 Å². The fraction of sp³-hybridized carbons (Fsp3) is 0. The van der Waals surface area contributed by atoms with E-state index in [2.05, 4.69) is 0 Å². The van der Waals surface area contributed by atoms with Crippen LogP contribution in [-0.4, -0.2) is 5.78 Å². The highest BCUT2D eigenvalue weighted by atomic mass is 35.5. The third kappa shape index (κ3) is 0.925. The number of carbonyl (C=O) groups is 1. The molecule has 0 atom stereocenters. The Labute approximate surface area is 90.0 Å². The molecule has 0 saturated carbocycles. The van der Waals surface area contributed by atoms with Crippen LogP contribution in [0, 0.1) is 0 Å². The first-order chi connectivity index (χ1) is 6.77. The van der Waals surface area contributed by atoms with E-state index in [-0.39, 0.29) is 5.78 Å². The second kappa shape index (κ2) is 2.69. The summed E-state index contributed by atoms with van der Waals surface area (Å²) in [5, 5.41) is 4.57. The second-order valence-corrected chi connectivity index (χ2v) is 4.40. The molecule has 0 spiro atoms. The molecule has 1 nitrogen and oxygen atoms in total. The van der Waals surface area contributed by atoms with Gasteiger partial charge < -0.3 is 0 Å². The van der Waals surface area contributed by atoms with Crippen LogP contribution in [0.2, 0.25) is 5.02 Å². The van der Waals surface area contributed by atoms with Crippen LogP contribution < -0.4 is 0 Å². The lowest BCUT2D eigenvalue weighted by Crippen LogP contribution is -1.92. The summed E-state index contributed by atoms with van der Waals surface area (Å²) in [7, 11) is 0. The van der Waals surface area contributed by atoms with Crippen LogP contribution in [0.15, 0.2) is 29.0 Å². The highest BCUT2D eigenvalue weighted by molar-refractivity contribution is 7.08. The van der Waals surface area contributed by atoms with Gasteiger partial charge in [0.05, 0.1) is 0 Å². The van der Waals surface area contributed by atoms with Crippen molar-refractivity contribution in [2.45, 2.75) is 0 Å². The van der Waals surface area contributed by atoms with Gasteiger partial charge in [-0.2, -0.15) is 11.3 Å². The van der Waals surface area contributed by atoms with E-state index in [1.54, 1.807) is 23.5 Å². The molecule has 0 radical (unpaired) electrons. The molecule has 1 aromatic heterocycles. The van der Waals surface area contributed by atoms with E-state index in [1.165, 1.54) is 0 Å². The van der Waals surface area contributed by atoms with Crippen LogP contribution in [0.3, 0.4) is 0 Å². The monoisotopic (exact) mass is 220 g/mol. The van der Waals surface area contributed by atoms with E-state index in [4.69, 9.17) is 11.6 Å². The number of carbonyl (C=O) groups excluding carboxylic acids is 1. The van der Waals surface area contributed by atoms with Crippen LogP contribution in [0.1, 0.15) is 15.9 Å². The van der Waals surface area contributed by atoms with Gasteiger partial charge in [0.25, 0.3) is 0 Å². The molecule has 68 valence electrons. The van der Waals surface area contributed by atoms with Gasteiger partial charge >= 0.3 is 0 Å². The summed E-state index contributed by atoms with van der Waals surface area (Å²) < 4.78 is 0. The highest BCUT2D eigenvalue weighted by Gasteiger charge is 2.27. The Bertz CT molecular complexity index is 542. The lowest BCUT2D eigenvalue weighted by atomic mass is 10.1. The van der Waals surface area contributed by atoms with Crippen molar-refractivity contribution in [2.24, 2.45) is 0 Å². The van der Waals surface area contributed by atoms with Crippen LogP contribution in [-0.2, 0) is 0 Å². The third-order valence-corrected chi connectivity index (χ3v) is 3.40. The summed E-state index contributed by atoms with van der Waals surface area (Å²) in [6, 6.07) is 5.41. The maximum absolute atomic E-state index is 11.8. The molecule has 3 heteroatoms. The molecule has 0 N–H and O–H groups in total. The summed E-state index contributed by atoms with van der Waals surface area (Å²) in [5.41, 5.74) is 3.58. The zero-order valence-corrected chi connectivity index (χ0v) is 8.65. The van der Waals surface area contributed by atoms with Crippen molar-refractivity contribution < 1.29 is 4.79 Å². The SMILES string of the molecule is O=C1c2cscc2-c2cc(Cl)ccc21. The van der Waals surface area contributed by atoms with E-state index < -0.39 is 0 Å². The molecule has 2 aromatic rings. The molecule has 0 amide bonds. The standard InChI is InChI=1S/C11H5ClOS/c12-6-1-2-7-8(3-6)9-4-14-5-10(9)11(7)13/h1-5H. The summed E-state index contributed by atoms with van der Waals surface area (Å²) in [6.07, 6.45) is 0. The molecule has 1 aliphatic rings. The van der Waals surface area contributed by atoms with Crippen molar-refractivity contribution in [1.82, 2.24) is 0 Å². The maximum Gasteiger partial charge on any atom is 0.195 e. The Balaban J connectivity index is 2.40. The fourth-order valence-electron chi connectivity index (χ4n) is 1.76. The predicted octanol–water partition coefficient (Wildman–Crippen LogP) is 3.61. The van der Waals surface area contributed by atoms with Crippen molar-refractivity contribution in [3.8, 4) is 11.1 Å². The van der Waals surface area contributed by atoms with Crippen LogP contribution >= 0.6 is 22.9 Å². The summed E-state index contributed by atoms with van der Waals surface area (Å²) in [6.45, 7) is 0. The van der Waals surface area contributed by atoms with Crippen molar-refractivity contribution in [3.63, 3.8) is 0 Å². The van der Waals surface area contributed by atoms with Crippen molar-refractivity contribution >= 4 is 28.7 Å². The Hall–Kier alpha value is -1.12. The lowest BCUT2D eigenvalue weighted by molar-refractivity contribution is 0.104. The van der Waals surface area contributed by atoms with Gasteiger partial charge in [-0.15, -0.1) is 0 Å². The average molecular weight is 221 g/mol. The van der Waals surface area contributed by atoms with Crippen molar-refractivity contribution in [1.29, 1.82) is 0 Å². The Morgan fingerprint density at radius 1 is 1.00 bits per heavy atom. The number of thiophene rings is 1. The van der Waals surface area contributed by atoms with Gasteiger partial charge in [0, 0.05) is 27.1 Å². The normalized spacial score (nSPS) is 12.8.